The number of aliphatic imine (C=N–C) groups is 1. The van der Waals surface area contributed by atoms with Gasteiger partial charge in [-0.1, -0.05) is 12.1 Å². The molecule has 4 heterocycles. The fourth-order valence-electron chi connectivity index (χ4n) is 4.80. The van der Waals surface area contributed by atoms with Crippen LogP contribution >= 0.6 is 0 Å². The Labute approximate surface area is 195 Å². The van der Waals surface area contributed by atoms with Crippen molar-refractivity contribution in [3.05, 3.63) is 53.6 Å². The van der Waals surface area contributed by atoms with Crippen molar-refractivity contribution in [2.45, 2.75) is 6.42 Å². The summed E-state index contributed by atoms with van der Waals surface area (Å²) in [4.78, 5) is 22.4. The number of aryl methyl sites for hydroxylation is 1. The summed E-state index contributed by atoms with van der Waals surface area (Å²) in [7, 11) is 3.31. The van der Waals surface area contributed by atoms with Crippen molar-refractivity contribution >= 4 is 23.1 Å². The van der Waals surface area contributed by atoms with Crippen molar-refractivity contribution in [2.24, 2.45) is 23.4 Å². The summed E-state index contributed by atoms with van der Waals surface area (Å²) in [5.74, 6) is 0.523. The quantitative estimate of drug-likeness (QED) is 0.605. The summed E-state index contributed by atoms with van der Waals surface area (Å²) in [6, 6.07) is 8.29. The Hall–Kier alpha value is -3.79. The van der Waals surface area contributed by atoms with Crippen LogP contribution < -0.4 is 15.4 Å². The number of fused-ring (bicyclic) bond motifs is 2. The van der Waals surface area contributed by atoms with Gasteiger partial charge in [0.15, 0.2) is 11.6 Å². The second-order valence-corrected chi connectivity index (χ2v) is 8.85. The number of methoxy groups -OCH3 is 1. The van der Waals surface area contributed by atoms with E-state index < -0.39 is 5.41 Å². The lowest BCUT2D eigenvalue weighted by Crippen LogP contribution is -2.28. The number of hydrogen-bond acceptors (Lipinski definition) is 7. The lowest BCUT2D eigenvalue weighted by Gasteiger charge is -2.21. The monoisotopic (exact) mass is 462 g/mol. The standard InChI is InChI=1S/C24H23FN6O3/c1-31-9-15(19(30-31)14-5-3-4-6-16(14)25)20-21-17(26-12-27-20)7-18(33-2)22(28-21)29-23(32)24-8-13(24)10-34-11-24/h3-7,9,13,26H,8,10-12H2,1-2H3,(H,28,29,32)/t13-,24-/m1/s1. The molecular formula is C24H23FN6O3. The fourth-order valence-corrected chi connectivity index (χ4v) is 4.80. The number of nitrogens with one attached hydrogen (secondary N) is 2. The van der Waals surface area contributed by atoms with Crippen LogP contribution in [0.25, 0.3) is 11.3 Å². The van der Waals surface area contributed by atoms with Gasteiger partial charge in [-0.15, -0.1) is 0 Å². The number of aromatic nitrogens is 3. The van der Waals surface area contributed by atoms with Crippen molar-refractivity contribution in [3.8, 4) is 17.0 Å². The van der Waals surface area contributed by atoms with E-state index in [2.05, 4.69) is 20.7 Å². The molecule has 3 aliphatic rings. The average Bonchev–Trinajstić information content (AvgIpc) is 3.18. The predicted molar refractivity (Wildman–Crippen MR) is 124 cm³/mol. The molecule has 1 aromatic carbocycles. The third-order valence-corrected chi connectivity index (χ3v) is 6.75. The zero-order valence-corrected chi connectivity index (χ0v) is 18.8. The number of pyridine rings is 1. The first-order chi connectivity index (χ1) is 16.5. The number of carbonyl (C=O) groups excluding carboxylic acids is 1. The number of hydrogen-bond donors (Lipinski definition) is 2. The molecule has 2 aromatic heterocycles. The first-order valence-corrected chi connectivity index (χ1v) is 11.1. The van der Waals surface area contributed by atoms with Gasteiger partial charge in [-0.2, -0.15) is 5.10 Å². The largest absolute Gasteiger partial charge is 0.493 e. The van der Waals surface area contributed by atoms with Crippen LogP contribution in [0.2, 0.25) is 0 Å². The molecule has 1 aliphatic carbocycles. The number of ether oxygens (including phenoxy) is 2. The van der Waals surface area contributed by atoms with Crippen LogP contribution in [-0.4, -0.2) is 53.4 Å². The Morgan fingerprint density at radius 1 is 1.32 bits per heavy atom. The van der Waals surface area contributed by atoms with Gasteiger partial charge >= 0.3 is 0 Å². The highest BCUT2D eigenvalue weighted by Gasteiger charge is 2.63. The molecule has 34 heavy (non-hydrogen) atoms. The number of halogens is 1. The van der Waals surface area contributed by atoms with E-state index in [0.29, 0.717) is 65.4 Å². The van der Waals surface area contributed by atoms with E-state index in [1.54, 1.807) is 42.2 Å². The maximum Gasteiger partial charge on any atom is 0.234 e. The molecule has 2 atom stereocenters. The molecule has 0 radical (unpaired) electrons. The Bertz CT molecular complexity index is 1350. The molecule has 0 bridgehead atoms. The lowest BCUT2D eigenvalue weighted by atomic mass is 10.00. The van der Waals surface area contributed by atoms with Crippen LogP contribution in [0, 0.1) is 17.2 Å². The molecule has 0 unspecified atom stereocenters. The summed E-state index contributed by atoms with van der Waals surface area (Å²) < 4.78 is 27.3. The van der Waals surface area contributed by atoms with Gasteiger partial charge < -0.3 is 20.1 Å². The van der Waals surface area contributed by atoms with Gasteiger partial charge in [0.2, 0.25) is 5.91 Å². The van der Waals surface area contributed by atoms with Gasteiger partial charge in [0.05, 0.1) is 37.1 Å². The average molecular weight is 462 g/mol. The number of nitrogens with zero attached hydrogens (tertiary/aromatic N) is 4. The van der Waals surface area contributed by atoms with Crippen LogP contribution in [0.15, 0.2) is 41.5 Å². The SMILES string of the molecule is COc1cc2c(nc1NC(=O)[C@]13COC[C@H]1C3)C(c1cn(C)nc1-c1ccccc1F)=NCN2. The first kappa shape index (κ1) is 20.8. The summed E-state index contributed by atoms with van der Waals surface area (Å²) in [6.45, 7) is 1.35. The molecule has 9 nitrogen and oxygen atoms in total. The highest BCUT2D eigenvalue weighted by Crippen LogP contribution is 2.57. The van der Waals surface area contributed by atoms with E-state index in [4.69, 9.17) is 14.5 Å². The van der Waals surface area contributed by atoms with Crippen molar-refractivity contribution in [1.82, 2.24) is 14.8 Å². The molecule has 2 N–H and O–H groups in total. The topological polar surface area (TPSA) is 103 Å². The van der Waals surface area contributed by atoms with Crippen LogP contribution in [0.1, 0.15) is 17.7 Å². The second kappa shape index (κ2) is 7.63. The minimum Gasteiger partial charge on any atom is -0.493 e. The Morgan fingerprint density at radius 3 is 2.91 bits per heavy atom. The Morgan fingerprint density at radius 2 is 2.18 bits per heavy atom. The summed E-state index contributed by atoms with van der Waals surface area (Å²) >= 11 is 0. The molecule has 174 valence electrons. The number of anilines is 2. The molecule has 1 amide bonds. The van der Waals surface area contributed by atoms with E-state index in [-0.39, 0.29) is 17.6 Å². The van der Waals surface area contributed by atoms with Crippen molar-refractivity contribution in [2.75, 3.05) is 37.6 Å². The molecule has 3 aromatic rings. The van der Waals surface area contributed by atoms with Crippen LogP contribution in [0.4, 0.5) is 15.9 Å². The summed E-state index contributed by atoms with van der Waals surface area (Å²) in [5, 5.41) is 10.7. The fraction of sp³-hybridized carbons (Fsp3) is 0.333. The van der Waals surface area contributed by atoms with Crippen molar-refractivity contribution in [3.63, 3.8) is 0 Å². The van der Waals surface area contributed by atoms with Crippen LogP contribution in [-0.2, 0) is 16.6 Å². The van der Waals surface area contributed by atoms with E-state index in [1.165, 1.54) is 13.2 Å². The van der Waals surface area contributed by atoms with E-state index >= 15 is 0 Å². The second-order valence-electron chi connectivity index (χ2n) is 8.85. The molecule has 1 saturated heterocycles. The highest BCUT2D eigenvalue weighted by atomic mass is 19.1. The van der Waals surface area contributed by atoms with Crippen LogP contribution in [0.5, 0.6) is 5.75 Å². The smallest absolute Gasteiger partial charge is 0.234 e. The number of carbonyl (C=O) groups is 1. The van der Waals surface area contributed by atoms with Gasteiger partial charge in [-0.25, -0.2) is 9.37 Å². The molecule has 10 heteroatoms. The predicted octanol–water partition coefficient (Wildman–Crippen LogP) is 2.83. The maximum absolute atomic E-state index is 14.6. The molecule has 2 fully saturated rings. The van der Waals surface area contributed by atoms with Gasteiger partial charge in [-0.05, 0) is 18.6 Å². The normalized spacial score (nSPS) is 22.3. The van der Waals surface area contributed by atoms with E-state index in [1.807, 2.05) is 0 Å². The minimum atomic E-state index is -0.473. The minimum absolute atomic E-state index is 0.114. The van der Waals surface area contributed by atoms with E-state index in [0.717, 1.165) is 6.42 Å². The zero-order valence-electron chi connectivity index (χ0n) is 18.8. The van der Waals surface area contributed by atoms with Gasteiger partial charge in [-0.3, -0.25) is 14.5 Å². The Balaban J connectivity index is 1.42. The third-order valence-electron chi connectivity index (χ3n) is 6.75. The lowest BCUT2D eigenvalue weighted by molar-refractivity contribution is -0.121. The third kappa shape index (κ3) is 3.17. The molecular weight excluding hydrogens is 439 g/mol. The highest BCUT2D eigenvalue weighted by molar-refractivity contribution is 6.18. The number of benzene rings is 1. The van der Waals surface area contributed by atoms with Crippen molar-refractivity contribution in [1.29, 1.82) is 0 Å². The zero-order chi connectivity index (χ0) is 23.4. The van der Waals surface area contributed by atoms with Gasteiger partial charge in [0.25, 0.3) is 0 Å². The molecule has 0 spiro atoms. The first-order valence-electron chi connectivity index (χ1n) is 11.1. The van der Waals surface area contributed by atoms with E-state index in [9.17, 15) is 9.18 Å². The Kier molecular flexibility index (Phi) is 4.66. The molecule has 1 saturated carbocycles. The molecule has 6 rings (SSSR count). The van der Waals surface area contributed by atoms with Crippen LogP contribution in [0.3, 0.4) is 0 Å². The number of amides is 1. The summed E-state index contributed by atoms with van der Waals surface area (Å²) in [6.07, 6.45) is 2.62. The van der Waals surface area contributed by atoms with Crippen molar-refractivity contribution < 1.29 is 18.7 Å². The number of rotatable bonds is 5. The maximum atomic E-state index is 14.6. The molecule has 2 aliphatic heterocycles. The van der Waals surface area contributed by atoms with Gasteiger partial charge in [0, 0.05) is 36.4 Å². The summed E-state index contributed by atoms with van der Waals surface area (Å²) in [5.41, 5.74) is 2.82. The van der Waals surface area contributed by atoms with Gasteiger partial charge in [0.1, 0.15) is 23.9 Å².